The summed E-state index contributed by atoms with van der Waals surface area (Å²) in [5.41, 5.74) is 0.451. The molecule has 4 nitrogen and oxygen atoms in total. The molecule has 0 spiro atoms. The molecule has 3 rings (SSSR count). The molecule has 0 aliphatic carbocycles. The van der Waals surface area contributed by atoms with Gasteiger partial charge >= 0.3 is 0 Å². The van der Waals surface area contributed by atoms with E-state index in [0.717, 1.165) is 32.0 Å². The number of piperazine rings is 1. The molecule has 0 aromatic heterocycles. The Bertz CT molecular complexity index is 638. The molecule has 2 aliphatic rings. The number of nitrogens with zero attached hydrogens (tertiary/aromatic N) is 2. The highest BCUT2D eigenvalue weighted by atomic mass is 35.5. The number of rotatable bonds is 3. The van der Waals surface area contributed by atoms with Crippen LogP contribution in [-0.4, -0.2) is 49.8 Å². The summed E-state index contributed by atoms with van der Waals surface area (Å²) in [6.45, 7) is 2.73. The van der Waals surface area contributed by atoms with E-state index in [0.29, 0.717) is 24.7 Å². The van der Waals surface area contributed by atoms with Crippen molar-refractivity contribution in [1.82, 2.24) is 9.21 Å². The van der Waals surface area contributed by atoms with Crippen molar-refractivity contribution in [2.24, 2.45) is 0 Å². The lowest BCUT2D eigenvalue weighted by Crippen LogP contribution is -2.52. The van der Waals surface area contributed by atoms with Crippen LogP contribution in [0.15, 0.2) is 23.1 Å². The maximum absolute atomic E-state index is 13.5. The standard InChI is InChI=1S/C14H18ClFN2O2S/c15-9-11-3-4-12(16)8-14(11)21(19,20)18-7-6-17-5-1-2-13(17)10-18/h3-4,8,13H,1-2,5-7,9-10H2. The summed E-state index contributed by atoms with van der Waals surface area (Å²) in [5, 5.41) is 0. The van der Waals surface area contributed by atoms with Crippen LogP contribution in [-0.2, 0) is 15.9 Å². The number of hydrogen-bond acceptors (Lipinski definition) is 3. The van der Waals surface area contributed by atoms with Crippen LogP contribution in [0.5, 0.6) is 0 Å². The van der Waals surface area contributed by atoms with Gasteiger partial charge in [0, 0.05) is 31.6 Å². The van der Waals surface area contributed by atoms with E-state index in [4.69, 9.17) is 11.6 Å². The molecule has 0 bridgehead atoms. The Labute approximate surface area is 129 Å². The van der Waals surface area contributed by atoms with Crippen molar-refractivity contribution in [1.29, 1.82) is 0 Å². The van der Waals surface area contributed by atoms with Gasteiger partial charge in [0.05, 0.1) is 4.90 Å². The van der Waals surface area contributed by atoms with E-state index < -0.39 is 15.8 Å². The fourth-order valence-corrected chi connectivity index (χ4v) is 5.21. The minimum Gasteiger partial charge on any atom is -0.298 e. The van der Waals surface area contributed by atoms with Crippen LogP contribution in [0.1, 0.15) is 18.4 Å². The second-order valence-electron chi connectivity index (χ2n) is 5.58. The highest BCUT2D eigenvalue weighted by Gasteiger charge is 2.37. The fourth-order valence-electron chi connectivity index (χ4n) is 3.20. The van der Waals surface area contributed by atoms with Gasteiger partial charge < -0.3 is 0 Å². The Morgan fingerprint density at radius 2 is 2.10 bits per heavy atom. The first-order valence-electron chi connectivity index (χ1n) is 7.11. The molecule has 2 saturated heterocycles. The lowest BCUT2D eigenvalue weighted by molar-refractivity contribution is 0.158. The van der Waals surface area contributed by atoms with Gasteiger partial charge in [0.2, 0.25) is 10.0 Å². The van der Waals surface area contributed by atoms with Crippen LogP contribution in [0.4, 0.5) is 4.39 Å². The van der Waals surface area contributed by atoms with Gasteiger partial charge in [-0.15, -0.1) is 11.6 Å². The average molecular weight is 333 g/mol. The molecule has 2 fully saturated rings. The third kappa shape index (κ3) is 2.82. The highest BCUT2D eigenvalue weighted by molar-refractivity contribution is 7.89. The predicted molar refractivity (Wildman–Crippen MR) is 79.3 cm³/mol. The molecule has 7 heteroatoms. The first-order valence-corrected chi connectivity index (χ1v) is 9.08. The van der Waals surface area contributed by atoms with E-state index in [2.05, 4.69) is 4.90 Å². The van der Waals surface area contributed by atoms with Crippen LogP contribution in [0.2, 0.25) is 0 Å². The van der Waals surface area contributed by atoms with Crippen molar-refractivity contribution < 1.29 is 12.8 Å². The summed E-state index contributed by atoms with van der Waals surface area (Å²) < 4.78 is 40.5. The van der Waals surface area contributed by atoms with E-state index in [-0.39, 0.29) is 10.8 Å². The van der Waals surface area contributed by atoms with E-state index in [1.165, 1.54) is 16.4 Å². The minimum atomic E-state index is -3.68. The van der Waals surface area contributed by atoms with Crippen molar-refractivity contribution >= 4 is 21.6 Å². The zero-order valence-electron chi connectivity index (χ0n) is 11.6. The van der Waals surface area contributed by atoms with Gasteiger partial charge in [-0.2, -0.15) is 4.31 Å². The van der Waals surface area contributed by atoms with E-state index in [9.17, 15) is 12.8 Å². The topological polar surface area (TPSA) is 40.6 Å². The molecule has 0 N–H and O–H groups in total. The molecule has 0 saturated carbocycles. The number of benzene rings is 1. The second-order valence-corrected chi connectivity index (χ2v) is 7.75. The Kier molecular flexibility index (Phi) is 4.23. The smallest absolute Gasteiger partial charge is 0.243 e. The molecule has 21 heavy (non-hydrogen) atoms. The maximum Gasteiger partial charge on any atom is 0.243 e. The van der Waals surface area contributed by atoms with Crippen LogP contribution < -0.4 is 0 Å². The molecule has 0 radical (unpaired) electrons. The third-order valence-corrected chi connectivity index (χ3v) is 6.58. The van der Waals surface area contributed by atoms with Crippen molar-refractivity contribution in [3.63, 3.8) is 0 Å². The number of hydrogen-bond donors (Lipinski definition) is 0. The van der Waals surface area contributed by atoms with Crippen LogP contribution in [0, 0.1) is 5.82 Å². The second kappa shape index (κ2) is 5.83. The third-order valence-electron chi connectivity index (χ3n) is 4.34. The summed E-state index contributed by atoms with van der Waals surface area (Å²) in [6, 6.07) is 4.06. The van der Waals surface area contributed by atoms with Gasteiger partial charge in [-0.1, -0.05) is 6.07 Å². The van der Waals surface area contributed by atoms with E-state index in [1.807, 2.05) is 0 Å². The lowest BCUT2D eigenvalue weighted by Gasteiger charge is -2.36. The monoisotopic (exact) mass is 332 g/mol. The van der Waals surface area contributed by atoms with Gasteiger partial charge in [0.1, 0.15) is 5.82 Å². The molecule has 2 heterocycles. The Morgan fingerprint density at radius 1 is 1.29 bits per heavy atom. The summed E-state index contributed by atoms with van der Waals surface area (Å²) in [6.07, 6.45) is 2.14. The van der Waals surface area contributed by atoms with Crippen molar-refractivity contribution in [3.8, 4) is 0 Å². The quantitative estimate of drug-likeness (QED) is 0.795. The van der Waals surface area contributed by atoms with Gasteiger partial charge in [-0.05, 0) is 37.1 Å². The number of sulfonamides is 1. The van der Waals surface area contributed by atoms with E-state index >= 15 is 0 Å². The average Bonchev–Trinajstić information content (AvgIpc) is 2.94. The van der Waals surface area contributed by atoms with Crippen LogP contribution in [0.3, 0.4) is 0 Å². The zero-order valence-corrected chi connectivity index (χ0v) is 13.2. The zero-order chi connectivity index (χ0) is 15.0. The summed E-state index contributed by atoms with van der Waals surface area (Å²) >= 11 is 5.80. The van der Waals surface area contributed by atoms with Gasteiger partial charge in [-0.25, -0.2) is 12.8 Å². The number of fused-ring (bicyclic) bond motifs is 1. The maximum atomic E-state index is 13.5. The minimum absolute atomic E-state index is 0.00365. The van der Waals surface area contributed by atoms with Gasteiger partial charge in [0.25, 0.3) is 0 Å². The molecular weight excluding hydrogens is 315 g/mol. The molecule has 1 aromatic carbocycles. The molecule has 116 valence electrons. The van der Waals surface area contributed by atoms with Crippen molar-refractivity contribution in [2.45, 2.75) is 29.7 Å². The molecule has 1 aromatic rings. The molecule has 1 unspecified atom stereocenters. The van der Waals surface area contributed by atoms with Crippen molar-refractivity contribution in [2.75, 3.05) is 26.2 Å². The molecule has 1 atom stereocenters. The predicted octanol–water partition coefficient (Wildman–Crippen LogP) is 2.03. The Hall–Kier alpha value is -0.690. The van der Waals surface area contributed by atoms with E-state index in [1.54, 1.807) is 0 Å². The molecular formula is C14H18ClFN2O2S. The number of alkyl halides is 1. The van der Waals surface area contributed by atoms with Crippen molar-refractivity contribution in [3.05, 3.63) is 29.6 Å². The highest BCUT2D eigenvalue weighted by Crippen LogP contribution is 2.28. The van der Waals surface area contributed by atoms with Gasteiger partial charge in [0.15, 0.2) is 0 Å². The summed E-state index contributed by atoms with van der Waals surface area (Å²) in [4.78, 5) is 2.34. The summed E-state index contributed by atoms with van der Waals surface area (Å²) in [5.74, 6) is -0.500. The normalized spacial score (nSPS) is 24.2. The molecule has 2 aliphatic heterocycles. The van der Waals surface area contributed by atoms with Crippen LogP contribution >= 0.6 is 11.6 Å². The first kappa shape index (κ1) is 15.2. The Balaban J connectivity index is 1.91. The van der Waals surface area contributed by atoms with Gasteiger partial charge in [-0.3, -0.25) is 4.90 Å². The Morgan fingerprint density at radius 3 is 2.86 bits per heavy atom. The first-order chi connectivity index (χ1) is 10.0. The largest absolute Gasteiger partial charge is 0.298 e. The van der Waals surface area contributed by atoms with Crippen LogP contribution in [0.25, 0.3) is 0 Å². The number of halogens is 2. The molecule has 0 amide bonds. The fraction of sp³-hybridized carbons (Fsp3) is 0.571. The lowest BCUT2D eigenvalue weighted by atomic mass is 10.2. The SMILES string of the molecule is O=S(=O)(c1cc(F)ccc1CCl)N1CCN2CCCC2C1. The summed E-state index contributed by atoms with van der Waals surface area (Å²) in [7, 11) is -3.68.